The van der Waals surface area contributed by atoms with Crippen molar-refractivity contribution in [2.45, 2.75) is 38.6 Å². The van der Waals surface area contributed by atoms with Gasteiger partial charge in [-0.05, 0) is 56.4 Å². The van der Waals surface area contributed by atoms with E-state index in [0.717, 1.165) is 36.5 Å². The van der Waals surface area contributed by atoms with E-state index in [1.807, 2.05) is 36.9 Å². The molecule has 0 aliphatic carbocycles. The molecule has 1 aromatic heterocycles. The second-order valence-corrected chi connectivity index (χ2v) is 6.74. The molecule has 5 heteroatoms. The van der Waals surface area contributed by atoms with Crippen LogP contribution in [0, 0.1) is 0 Å². The first-order valence-electron chi connectivity index (χ1n) is 7.86. The lowest BCUT2D eigenvalue weighted by atomic mass is 9.89. The van der Waals surface area contributed by atoms with Gasteiger partial charge in [0.2, 0.25) is 0 Å². The number of urea groups is 1. The average molecular weight is 320 g/mol. The molecule has 1 aliphatic rings. The van der Waals surface area contributed by atoms with E-state index in [4.69, 9.17) is 11.6 Å². The minimum Gasteiger partial charge on any atom is -0.361 e. The minimum atomic E-state index is 0.0513. The van der Waals surface area contributed by atoms with Crippen LogP contribution in [0.2, 0.25) is 5.02 Å². The third-order valence-electron chi connectivity index (χ3n) is 4.31. The van der Waals surface area contributed by atoms with Gasteiger partial charge in [-0.3, -0.25) is 0 Å². The van der Waals surface area contributed by atoms with E-state index in [9.17, 15) is 4.79 Å². The summed E-state index contributed by atoms with van der Waals surface area (Å²) < 4.78 is 0. The van der Waals surface area contributed by atoms with Gasteiger partial charge in [0, 0.05) is 41.3 Å². The maximum absolute atomic E-state index is 12.0. The van der Waals surface area contributed by atoms with Crippen molar-refractivity contribution in [3.05, 3.63) is 35.0 Å². The monoisotopic (exact) mass is 319 g/mol. The van der Waals surface area contributed by atoms with Crippen molar-refractivity contribution in [2.75, 3.05) is 13.1 Å². The van der Waals surface area contributed by atoms with Crippen molar-refractivity contribution >= 4 is 28.5 Å². The van der Waals surface area contributed by atoms with Crippen LogP contribution in [0.5, 0.6) is 0 Å². The van der Waals surface area contributed by atoms with Crippen molar-refractivity contribution in [3.63, 3.8) is 0 Å². The Morgan fingerprint density at radius 1 is 1.36 bits per heavy atom. The van der Waals surface area contributed by atoms with E-state index >= 15 is 0 Å². The first kappa shape index (κ1) is 15.2. The highest BCUT2D eigenvalue weighted by Crippen LogP contribution is 2.34. The number of nitrogens with one attached hydrogen (secondary N) is 2. The maximum Gasteiger partial charge on any atom is 0.317 e. The Morgan fingerprint density at radius 3 is 2.77 bits per heavy atom. The highest BCUT2D eigenvalue weighted by molar-refractivity contribution is 6.31. The summed E-state index contributed by atoms with van der Waals surface area (Å²) in [4.78, 5) is 17.3. The molecule has 0 atom stereocenters. The summed E-state index contributed by atoms with van der Waals surface area (Å²) in [5, 5.41) is 4.93. The smallest absolute Gasteiger partial charge is 0.317 e. The number of halogens is 1. The summed E-state index contributed by atoms with van der Waals surface area (Å²) in [6, 6.07) is 6.19. The number of aromatic nitrogens is 1. The molecule has 0 unspecified atom stereocenters. The largest absolute Gasteiger partial charge is 0.361 e. The van der Waals surface area contributed by atoms with Crippen LogP contribution in [0.25, 0.3) is 10.9 Å². The molecular weight excluding hydrogens is 298 g/mol. The van der Waals surface area contributed by atoms with Gasteiger partial charge in [0.05, 0.1) is 0 Å². The zero-order valence-electron chi connectivity index (χ0n) is 13.0. The first-order valence-corrected chi connectivity index (χ1v) is 8.24. The maximum atomic E-state index is 12.0. The van der Waals surface area contributed by atoms with Gasteiger partial charge in [0.25, 0.3) is 0 Å². The van der Waals surface area contributed by atoms with Crippen LogP contribution < -0.4 is 5.32 Å². The summed E-state index contributed by atoms with van der Waals surface area (Å²) in [5.74, 6) is 0.482. The number of rotatable bonds is 2. The average Bonchev–Trinajstić information content (AvgIpc) is 2.89. The van der Waals surface area contributed by atoms with Crippen LogP contribution in [-0.2, 0) is 0 Å². The number of benzene rings is 1. The van der Waals surface area contributed by atoms with Crippen molar-refractivity contribution in [1.29, 1.82) is 0 Å². The van der Waals surface area contributed by atoms with E-state index in [-0.39, 0.29) is 12.1 Å². The molecule has 3 rings (SSSR count). The fraction of sp³-hybridized carbons (Fsp3) is 0.471. The molecule has 2 heterocycles. The molecule has 2 amide bonds. The molecule has 1 fully saturated rings. The number of nitrogens with zero attached hydrogens (tertiary/aromatic N) is 1. The Kier molecular flexibility index (Phi) is 4.30. The molecule has 22 heavy (non-hydrogen) atoms. The third-order valence-corrected chi connectivity index (χ3v) is 4.55. The van der Waals surface area contributed by atoms with E-state index in [0.29, 0.717) is 5.92 Å². The minimum absolute atomic E-state index is 0.0513. The Morgan fingerprint density at radius 2 is 2.09 bits per heavy atom. The Hall–Kier alpha value is -1.68. The number of aromatic amines is 1. The van der Waals surface area contributed by atoms with Gasteiger partial charge in [-0.15, -0.1) is 0 Å². The molecule has 2 N–H and O–H groups in total. The quantitative estimate of drug-likeness (QED) is 0.859. The molecule has 0 radical (unpaired) electrons. The summed E-state index contributed by atoms with van der Waals surface area (Å²) in [5.41, 5.74) is 2.45. The van der Waals surface area contributed by atoms with Gasteiger partial charge < -0.3 is 15.2 Å². The van der Waals surface area contributed by atoms with Gasteiger partial charge >= 0.3 is 6.03 Å². The number of piperidine rings is 1. The molecule has 4 nitrogen and oxygen atoms in total. The number of amides is 2. The number of hydrogen-bond acceptors (Lipinski definition) is 1. The van der Waals surface area contributed by atoms with Crippen LogP contribution in [0.15, 0.2) is 24.4 Å². The van der Waals surface area contributed by atoms with Gasteiger partial charge in [0.1, 0.15) is 0 Å². The number of fused-ring (bicyclic) bond motifs is 1. The molecule has 1 aromatic carbocycles. The highest BCUT2D eigenvalue weighted by atomic mass is 35.5. The molecular formula is C17H22ClN3O. The fourth-order valence-electron chi connectivity index (χ4n) is 3.18. The summed E-state index contributed by atoms with van der Waals surface area (Å²) in [6.45, 7) is 5.58. The van der Waals surface area contributed by atoms with Crippen LogP contribution >= 0.6 is 11.6 Å². The van der Waals surface area contributed by atoms with Crippen molar-refractivity contribution in [2.24, 2.45) is 0 Å². The molecule has 0 bridgehead atoms. The number of hydrogen-bond donors (Lipinski definition) is 2. The lowest BCUT2D eigenvalue weighted by molar-refractivity contribution is 0.179. The first-order chi connectivity index (χ1) is 10.5. The fourth-order valence-corrected chi connectivity index (χ4v) is 3.36. The van der Waals surface area contributed by atoms with Gasteiger partial charge in [-0.2, -0.15) is 0 Å². The Labute approximate surface area is 135 Å². The summed E-state index contributed by atoms with van der Waals surface area (Å²) in [6.07, 6.45) is 4.07. The molecule has 1 aliphatic heterocycles. The van der Waals surface area contributed by atoms with Crippen molar-refractivity contribution < 1.29 is 4.79 Å². The van der Waals surface area contributed by atoms with Crippen LogP contribution in [0.1, 0.15) is 38.2 Å². The zero-order valence-corrected chi connectivity index (χ0v) is 13.8. The van der Waals surface area contributed by atoms with Crippen LogP contribution in [0.4, 0.5) is 4.79 Å². The van der Waals surface area contributed by atoms with E-state index in [1.54, 1.807) is 0 Å². The standard InChI is InChI=1S/C17H22ClN3O/c1-11(2)20-17(22)21-7-5-12(6-8-21)15-10-19-16-4-3-13(18)9-14(15)16/h3-4,9-12,19H,5-8H2,1-2H3,(H,20,22). The second kappa shape index (κ2) is 6.21. The van der Waals surface area contributed by atoms with Gasteiger partial charge in [-0.25, -0.2) is 4.79 Å². The normalized spacial score (nSPS) is 16.5. The Bertz CT molecular complexity index is 672. The molecule has 1 saturated heterocycles. The van der Waals surface area contributed by atoms with Crippen LogP contribution in [0.3, 0.4) is 0 Å². The van der Waals surface area contributed by atoms with Crippen LogP contribution in [-0.4, -0.2) is 35.0 Å². The molecule has 0 spiro atoms. The number of H-pyrrole nitrogens is 1. The number of carbonyl (C=O) groups is 1. The third kappa shape index (κ3) is 3.07. The highest BCUT2D eigenvalue weighted by Gasteiger charge is 2.25. The Balaban J connectivity index is 1.70. The second-order valence-electron chi connectivity index (χ2n) is 6.30. The van der Waals surface area contributed by atoms with Crippen molar-refractivity contribution in [3.8, 4) is 0 Å². The molecule has 0 saturated carbocycles. The molecule has 118 valence electrons. The van der Waals surface area contributed by atoms with Crippen molar-refractivity contribution in [1.82, 2.24) is 15.2 Å². The zero-order chi connectivity index (χ0) is 15.7. The van der Waals surface area contributed by atoms with E-state index < -0.39 is 0 Å². The summed E-state index contributed by atoms with van der Waals surface area (Å²) in [7, 11) is 0. The predicted molar refractivity (Wildman–Crippen MR) is 90.5 cm³/mol. The lowest BCUT2D eigenvalue weighted by Crippen LogP contribution is -2.46. The number of likely N-dealkylation sites (tertiary alicyclic amines) is 1. The van der Waals surface area contributed by atoms with Gasteiger partial charge in [-0.1, -0.05) is 11.6 Å². The summed E-state index contributed by atoms with van der Waals surface area (Å²) >= 11 is 6.12. The number of carbonyl (C=O) groups excluding carboxylic acids is 1. The SMILES string of the molecule is CC(C)NC(=O)N1CCC(c2c[nH]c3ccc(Cl)cc23)CC1. The molecule has 2 aromatic rings. The van der Waals surface area contributed by atoms with Gasteiger partial charge in [0.15, 0.2) is 0 Å². The van der Waals surface area contributed by atoms with E-state index in [1.165, 1.54) is 10.9 Å². The predicted octanol–water partition coefficient (Wildman–Crippen LogP) is 4.12. The lowest BCUT2D eigenvalue weighted by Gasteiger charge is -2.32. The topological polar surface area (TPSA) is 48.1 Å². The van der Waals surface area contributed by atoms with E-state index in [2.05, 4.69) is 16.5 Å².